The van der Waals surface area contributed by atoms with Crippen molar-refractivity contribution in [1.29, 1.82) is 10.5 Å². The Morgan fingerprint density at radius 3 is 1.54 bits per heavy atom. The molecular formula is C39H47FN6O6. The lowest BCUT2D eigenvalue weighted by Gasteiger charge is -2.46. The molecule has 3 N–H and O–H groups in total. The van der Waals surface area contributed by atoms with E-state index >= 15 is 0 Å². The number of morpholine rings is 4. The summed E-state index contributed by atoms with van der Waals surface area (Å²) in [7, 11) is 0. The second-order valence-electron chi connectivity index (χ2n) is 13.9. The van der Waals surface area contributed by atoms with Gasteiger partial charge in [0.1, 0.15) is 42.7 Å². The molecule has 4 saturated heterocycles. The van der Waals surface area contributed by atoms with Crippen LogP contribution >= 0.6 is 0 Å². The number of fused-ring (bicyclic) bond motifs is 4. The molecule has 4 heterocycles. The maximum Gasteiger partial charge on any atom is 0.123 e. The van der Waals surface area contributed by atoms with Crippen LogP contribution in [0.1, 0.15) is 16.7 Å². The number of halogens is 1. The Balaban J connectivity index is 0.000000187. The molecule has 12 nitrogen and oxygen atoms in total. The van der Waals surface area contributed by atoms with Crippen molar-refractivity contribution in [1.82, 2.24) is 20.0 Å². The highest BCUT2D eigenvalue weighted by atomic mass is 19.1. The Kier molecular flexibility index (Phi) is 13.4. The fourth-order valence-electron chi connectivity index (χ4n) is 7.11. The summed E-state index contributed by atoms with van der Waals surface area (Å²) in [5.74, 6) is 1.10. The number of nitrogens with zero attached hydrogens (tertiary/aromatic N) is 5. The van der Waals surface area contributed by atoms with Gasteiger partial charge in [-0.05, 0) is 66.2 Å². The van der Waals surface area contributed by atoms with E-state index in [1.807, 2.05) is 12.1 Å². The number of aliphatic hydroxyl groups excluding tert-OH is 2. The van der Waals surface area contributed by atoms with Gasteiger partial charge in [0, 0.05) is 72.0 Å². The fraction of sp³-hybridized carbons (Fsp3) is 0.487. The topological polar surface area (TPSA) is 147 Å². The van der Waals surface area contributed by atoms with Gasteiger partial charge >= 0.3 is 0 Å². The first-order valence-corrected chi connectivity index (χ1v) is 17.9. The van der Waals surface area contributed by atoms with Crippen LogP contribution in [0.3, 0.4) is 0 Å². The van der Waals surface area contributed by atoms with E-state index in [2.05, 4.69) is 32.2 Å². The highest BCUT2D eigenvalue weighted by Crippen LogP contribution is 2.22. The SMILES string of the molecule is N#Cc1ccc(OCC(O)CN2CC3CN(Cc4ccc(F)cc4)CC(C2)O3)cc1.N#Cc1ccc(OCC(O)CN2CC3CNCC(C2)O3)cc1. The van der Waals surface area contributed by atoms with Gasteiger partial charge in [-0.25, -0.2) is 4.39 Å². The molecule has 4 bridgehead atoms. The molecule has 13 heteroatoms. The highest BCUT2D eigenvalue weighted by Gasteiger charge is 2.35. The molecule has 4 aliphatic rings. The summed E-state index contributed by atoms with van der Waals surface area (Å²) < 4.78 is 36.2. The molecule has 3 aromatic rings. The normalized spacial score (nSPS) is 24.3. The maximum absolute atomic E-state index is 13.1. The van der Waals surface area contributed by atoms with Crippen LogP contribution in [0.5, 0.6) is 11.5 Å². The van der Waals surface area contributed by atoms with Gasteiger partial charge in [0.25, 0.3) is 0 Å². The summed E-state index contributed by atoms with van der Waals surface area (Å²) in [6, 6.07) is 24.6. The van der Waals surface area contributed by atoms with Crippen molar-refractivity contribution in [3.63, 3.8) is 0 Å². The van der Waals surface area contributed by atoms with Gasteiger partial charge in [-0.15, -0.1) is 0 Å². The van der Waals surface area contributed by atoms with E-state index in [0.29, 0.717) is 35.7 Å². The number of β-amino-alcohol motifs (C(OH)–C–C–N with tert-alkyl or cyclic N) is 2. The number of benzene rings is 3. The van der Waals surface area contributed by atoms with Crippen molar-refractivity contribution in [2.75, 3.05) is 78.7 Å². The average molecular weight is 715 g/mol. The van der Waals surface area contributed by atoms with E-state index in [9.17, 15) is 14.6 Å². The van der Waals surface area contributed by atoms with Crippen molar-refractivity contribution in [2.24, 2.45) is 0 Å². The standard InChI is InChI=1S/C23H26FN3O3.C16H21N3O3/c24-19-5-1-18(2-6-19)10-26-12-22-14-27(15-23(13-26)30-22)11-20(28)16-29-21-7-3-17(9-25)4-8-21;17-5-12-1-3-14(4-2-12)21-11-13(20)8-19-9-15-6-18-7-16(10-19)22-15/h1-8,20,22-23,28H,10-16H2;1-4,13,15-16,18,20H,6-11H2. The number of hydrogen-bond acceptors (Lipinski definition) is 12. The van der Waals surface area contributed by atoms with Gasteiger partial charge in [-0.3, -0.25) is 14.7 Å². The first-order valence-electron chi connectivity index (χ1n) is 17.9. The van der Waals surface area contributed by atoms with E-state index in [1.54, 1.807) is 48.5 Å². The number of ether oxygens (including phenoxy) is 4. The minimum Gasteiger partial charge on any atom is -0.491 e. The predicted octanol–water partition coefficient (Wildman–Crippen LogP) is 1.99. The zero-order chi connectivity index (χ0) is 36.3. The minimum atomic E-state index is -0.602. The zero-order valence-electron chi connectivity index (χ0n) is 29.2. The van der Waals surface area contributed by atoms with Gasteiger partial charge in [-0.2, -0.15) is 10.5 Å². The lowest BCUT2D eigenvalue weighted by atomic mass is 10.1. The smallest absolute Gasteiger partial charge is 0.123 e. The van der Waals surface area contributed by atoms with E-state index in [-0.39, 0.29) is 43.4 Å². The van der Waals surface area contributed by atoms with Crippen molar-refractivity contribution in [3.8, 4) is 23.6 Å². The van der Waals surface area contributed by atoms with E-state index < -0.39 is 12.2 Å². The Morgan fingerprint density at radius 1 is 0.654 bits per heavy atom. The van der Waals surface area contributed by atoms with Crippen molar-refractivity contribution in [2.45, 2.75) is 43.2 Å². The van der Waals surface area contributed by atoms with Crippen LogP contribution in [0.25, 0.3) is 0 Å². The molecule has 7 rings (SSSR count). The van der Waals surface area contributed by atoms with Crippen LogP contribution in [0.4, 0.5) is 4.39 Å². The van der Waals surface area contributed by atoms with E-state index in [0.717, 1.165) is 64.5 Å². The summed E-state index contributed by atoms with van der Waals surface area (Å²) in [6.45, 7) is 8.99. The third kappa shape index (κ3) is 11.4. The van der Waals surface area contributed by atoms with E-state index in [1.165, 1.54) is 12.1 Å². The van der Waals surface area contributed by atoms with Crippen LogP contribution in [0.15, 0.2) is 72.8 Å². The third-order valence-electron chi connectivity index (χ3n) is 9.39. The first kappa shape index (κ1) is 37.6. The van der Waals surface area contributed by atoms with Gasteiger partial charge in [-0.1, -0.05) is 12.1 Å². The molecule has 6 unspecified atom stereocenters. The molecule has 0 aromatic heterocycles. The molecule has 4 aliphatic heterocycles. The number of aliphatic hydroxyl groups is 2. The van der Waals surface area contributed by atoms with Crippen molar-refractivity contribution < 1.29 is 33.6 Å². The van der Waals surface area contributed by atoms with Crippen LogP contribution in [-0.4, -0.2) is 140 Å². The Hall–Kier alpha value is -4.15. The average Bonchev–Trinajstić information content (AvgIpc) is 3.14. The zero-order valence-corrected chi connectivity index (χ0v) is 29.2. The van der Waals surface area contributed by atoms with Crippen LogP contribution in [0.2, 0.25) is 0 Å². The second kappa shape index (κ2) is 18.6. The first-order chi connectivity index (χ1) is 25.3. The largest absolute Gasteiger partial charge is 0.491 e. The van der Waals surface area contributed by atoms with Crippen LogP contribution < -0.4 is 14.8 Å². The fourth-order valence-corrected chi connectivity index (χ4v) is 7.11. The number of nitrogens with one attached hydrogen (secondary N) is 1. The Bertz CT molecular complexity index is 1610. The molecular weight excluding hydrogens is 667 g/mol. The molecule has 0 spiro atoms. The van der Waals surface area contributed by atoms with Gasteiger partial charge in [0.15, 0.2) is 0 Å². The molecule has 0 aliphatic carbocycles. The number of hydrogen-bond donors (Lipinski definition) is 3. The van der Waals surface area contributed by atoms with Crippen molar-refractivity contribution in [3.05, 3.63) is 95.3 Å². The predicted molar refractivity (Wildman–Crippen MR) is 190 cm³/mol. The van der Waals surface area contributed by atoms with Crippen LogP contribution in [0, 0.1) is 28.5 Å². The van der Waals surface area contributed by atoms with Gasteiger partial charge in [0.2, 0.25) is 0 Å². The Labute approximate surface area is 304 Å². The summed E-state index contributed by atoms with van der Waals surface area (Å²) in [5.41, 5.74) is 2.28. The highest BCUT2D eigenvalue weighted by molar-refractivity contribution is 5.35. The molecule has 0 amide bonds. The van der Waals surface area contributed by atoms with Crippen molar-refractivity contribution >= 4 is 0 Å². The molecule has 276 valence electrons. The minimum absolute atomic E-state index is 0.101. The second-order valence-corrected chi connectivity index (χ2v) is 13.9. The quantitative estimate of drug-likeness (QED) is 0.252. The molecule has 0 radical (unpaired) electrons. The van der Waals surface area contributed by atoms with Crippen LogP contribution in [-0.2, 0) is 16.0 Å². The monoisotopic (exact) mass is 714 g/mol. The summed E-state index contributed by atoms with van der Waals surface area (Å²) in [5, 5.41) is 41.5. The Morgan fingerprint density at radius 2 is 1.08 bits per heavy atom. The third-order valence-corrected chi connectivity index (χ3v) is 9.39. The van der Waals surface area contributed by atoms with E-state index in [4.69, 9.17) is 29.5 Å². The summed E-state index contributed by atoms with van der Waals surface area (Å²) >= 11 is 0. The number of nitriles is 2. The van der Waals surface area contributed by atoms with Gasteiger partial charge < -0.3 is 34.5 Å². The molecule has 4 fully saturated rings. The summed E-state index contributed by atoms with van der Waals surface area (Å²) in [6.07, 6.45) is -0.496. The molecule has 52 heavy (non-hydrogen) atoms. The molecule has 6 atom stereocenters. The summed E-state index contributed by atoms with van der Waals surface area (Å²) in [4.78, 5) is 6.83. The molecule has 3 aromatic carbocycles. The lowest BCUT2D eigenvalue weighted by Crippen LogP contribution is -2.60. The lowest BCUT2D eigenvalue weighted by molar-refractivity contribution is -0.145. The maximum atomic E-state index is 13.1. The van der Waals surface area contributed by atoms with Gasteiger partial charge in [0.05, 0.1) is 47.7 Å². The molecule has 0 saturated carbocycles. The number of rotatable bonds is 12.